The van der Waals surface area contributed by atoms with Crippen LogP contribution in [0.25, 0.3) is 16.8 Å². The topological polar surface area (TPSA) is 59.0 Å². The van der Waals surface area contributed by atoms with E-state index in [0.717, 1.165) is 61.8 Å². The van der Waals surface area contributed by atoms with Crippen molar-refractivity contribution in [1.82, 2.24) is 5.01 Å². The van der Waals surface area contributed by atoms with Crippen LogP contribution in [0, 0.1) is 5.92 Å². The van der Waals surface area contributed by atoms with Crippen molar-refractivity contribution in [2.45, 2.75) is 30.2 Å². The summed E-state index contributed by atoms with van der Waals surface area (Å²) in [4.78, 5) is 27.3. The molecule has 0 spiro atoms. The molecule has 43 heavy (non-hydrogen) atoms. The quantitative estimate of drug-likeness (QED) is 0.143. The summed E-state index contributed by atoms with van der Waals surface area (Å²) in [5.41, 5.74) is 3.97. The lowest BCUT2D eigenvalue weighted by atomic mass is 9.77. The molecule has 2 aliphatic rings. The maximum absolute atomic E-state index is 13.6. The highest BCUT2D eigenvalue weighted by atomic mass is 79.9. The summed E-state index contributed by atoms with van der Waals surface area (Å²) in [6.07, 6.45) is 4.86. The van der Waals surface area contributed by atoms with Crippen LogP contribution in [0.5, 0.6) is 0 Å². The zero-order valence-corrected chi connectivity index (χ0v) is 26.9. The first-order chi connectivity index (χ1) is 20.9. The third kappa shape index (κ3) is 6.70. The summed E-state index contributed by atoms with van der Waals surface area (Å²) in [6, 6.07) is 26.9. The third-order valence-electron chi connectivity index (χ3n) is 7.71. The molecule has 0 saturated heterocycles. The number of ether oxygens (including phenoxy) is 1. The van der Waals surface area contributed by atoms with Crippen LogP contribution in [0.1, 0.15) is 36.4 Å². The number of halogens is 3. The number of carbonyl (C=O) groups is 2. The van der Waals surface area contributed by atoms with Crippen LogP contribution in [0.4, 0.5) is 0 Å². The number of thioether (sulfide) groups is 1. The number of esters is 1. The molecule has 1 fully saturated rings. The first-order valence-corrected chi connectivity index (χ1v) is 16.5. The number of benzene rings is 4. The molecule has 2 unspecified atom stereocenters. The van der Waals surface area contributed by atoms with E-state index in [0.29, 0.717) is 10.0 Å². The molecule has 218 valence electrons. The average Bonchev–Trinajstić information content (AvgIpc) is 3.42. The van der Waals surface area contributed by atoms with E-state index >= 15 is 0 Å². The molecule has 1 aliphatic heterocycles. The fraction of sp³-hybridized carbons (Fsp3) is 0.206. The van der Waals surface area contributed by atoms with E-state index in [9.17, 15) is 9.59 Å². The number of nitrogens with zero attached hydrogens (tertiary/aromatic N) is 2. The largest absolute Gasteiger partial charge is 0.455 e. The number of rotatable bonds is 7. The van der Waals surface area contributed by atoms with E-state index in [1.165, 1.54) is 16.8 Å². The Morgan fingerprint density at radius 2 is 1.70 bits per heavy atom. The second-order valence-electron chi connectivity index (χ2n) is 10.5. The van der Waals surface area contributed by atoms with E-state index < -0.39 is 5.97 Å². The molecular weight excluding hydrogens is 667 g/mol. The SMILES string of the molecule is O=C(CSc1ccc2ccccc2c1Br)OCC(=O)N1N=C2/C(=C\c3ccc(Cl)cc3)CCCC2C1c1ccc(Cl)cc1. The zero-order chi connectivity index (χ0) is 29.9. The van der Waals surface area contributed by atoms with E-state index in [2.05, 4.69) is 22.0 Å². The van der Waals surface area contributed by atoms with Crippen molar-refractivity contribution in [2.24, 2.45) is 11.0 Å². The molecule has 9 heteroatoms. The van der Waals surface area contributed by atoms with Gasteiger partial charge in [0.15, 0.2) is 6.61 Å². The number of hydrogen-bond donors (Lipinski definition) is 0. The Kier molecular flexibility index (Phi) is 9.24. The van der Waals surface area contributed by atoms with Crippen LogP contribution in [-0.4, -0.2) is 35.0 Å². The second-order valence-corrected chi connectivity index (χ2v) is 13.2. The Hall–Kier alpha value is -3.10. The van der Waals surface area contributed by atoms with E-state index in [1.807, 2.05) is 84.9 Å². The summed E-state index contributed by atoms with van der Waals surface area (Å²) in [7, 11) is 0. The minimum Gasteiger partial charge on any atom is -0.455 e. The van der Waals surface area contributed by atoms with Gasteiger partial charge in [0.1, 0.15) is 0 Å². The van der Waals surface area contributed by atoms with Crippen molar-refractivity contribution < 1.29 is 14.3 Å². The minimum absolute atomic E-state index is 0.0222. The van der Waals surface area contributed by atoms with Gasteiger partial charge in [-0.1, -0.05) is 77.8 Å². The van der Waals surface area contributed by atoms with Gasteiger partial charge in [-0.05, 0) is 99.1 Å². The fourth-order valence-corrected chi connectivity index (χ4v) is 7.52. The van der Waals surface area contributed by atoms with Gasteiger partial charge < -0.3 is 4.74 Å². The van der Waals surface area contributed by atoms with Gasteiger partial charge in [-0.2, -0.15) is 5.10 Å². The molecule has 0 bridgehead atoms. The van der Waals surface area contributed by atoms with Crippen molar-refractivity contribution in [2.75, 3.05) is 12.4 Å². The van der Waals surface area contributed by atoms with Crippen molar-refractivity contribution >= 4 is 85.3 Å². The van der Waals surface area contributed by atoms with Crippen molar-refractivity contribution in [3.8, 4) is 0 Å². The molecule has 1 saturated carbocycles. The van der Waals surface area contributed by atoms with Gasteiger partial charge in [0.25, 0.3) is 5.91 Å². The van der Waals surface area contributed by atoms with Crippen molar-refractivity contribution in [3.63, 3.8) is 0 Å². The number of fused-ring (bicyclic) bond motifs is 2. The van der Waals surface area contributed by atoms with Crippen LogP contribution in [0.15, 0.2) is 105 Å². The maximum Gasteiger partial charge on any atom is 0.316 e. The highest BCUT2D eigenvalue weighted by molar-refractivity contribution is 9.10. The Balaban J connectivity index is 1.18. The highest BCUT2D eigenvalue weighted by Gasteiger charge is 2.43. The molecule has 4 aromatic carbocycles. The number of hydrogen-bond acceptors (Lipinski definition) is 5. The molecule has 2 atom stereocenters. The molecule has 4 aromatic rings. The Morgan fingerprint density at radius 3 is 2.47 bits per heavy atom. The van der Waals surface area contributed by atoms with E-state index in [-0.39, 0.29) is 30.2 Å². The standard InChI is InChI=1S/C34H27BrCl2N2O3S/c35-32-27-6-2-1-4-22(27)12-17-29(32)43-20-31(41)42-19-30(40)39-34(23-10-15-26(37)16-11-23)28-7-3-5-24(33(28)38-39)18-21-8-13-25(36)14-9-21/h1-2,4,6,8-18,28,34H,3,5,7,19-20H2/b24-18-. The molecule has 0 aromatic heterocycles. The number of allylic oxidation sites excluding steroid dienone is 1. The normalized spacial score (nSPS) is 18.9. The lowest BCUT2D eigenvalue weighted by molar-refractivity contribution is -0.151. The number of amides is 1. The molecule has 0 N–H and O–H groups in total. The molecule has 1 amide bonds. The van der Waals surface area contributed by atoms with Crippen LogP contribution in [-0.2, 0) is 14.3 Å². The Labute approximate surface area is 273 Å². The summed E-state index contributed by atoms with van der Waals surface area (Å²) in [5.74, 6) is -0.725. The molecule has 1 aliphatic carbocycles. The average molecular weight is 694 g/mol. The molecule has 5 nitrogen and oxygen atoms in total. The van der Waals surface area contributed by atoms with Crippen LogP contribution in [0.2, 0.25) is 10.0 Å². The second kappa shape index (κ2) is 13.3. The predicted molar refractivity (Wildman–Crippen MR) is 179 cm³/mol. The van der Waals surface area contributed by atoms with Crippen LogP contribution < -0.4 is 0 Å². The van der Waals surface area contributed by atoms with Gasteiger partial charge in [0.2, 0.25) is 0 Å². The number of carbonyl (C=O) groups excluding carboxylic acids is 2. The van der Waals surface area contributed by atoms with Gasteiger partial charge in [-0.15, -0.1) is 11.8 Å². The van der Waals surface area contributed by atoms with Gasteiger partial charge in [-0.25, -0.2) is 5.01 Å². The summed E-state index contributed by atoms with van der Waals surface area (Å²) in [6.45, 7) is -0.387. The van der Waals surface area contributed by atoms with Gasteiger partial charge >= 0.3 is 5.97 Å². The lowest BCUT2D eigenvalue weighted by Crippen LogP contribution is -2.34. The summed E-state index contributed by atoms with van der Waals surface area (Å²) >= 11 is 17.3. The Bertz CT molecular complexity index is 1740. The first kappa shape index (κ1) is 29.9. The molecular formula is C34H27BrCl2N2O3S. The summed E-state index contributed by atoms with van der Waals surface area (Å²) in [5, 5.41) is 9.86. The lowest BCUT2D eigenvalue weighted by Gasteiger charge is -2.29. The van der Waals surface area contributed by atoms with Gasteiger partial charge in [0, 0.05) is 25.3 Å². The highest BCUT2D eigenvalue weighted by Crippen LogP contribution is 2.44. The number of hydrazone groups is 1. The van der Waals surface area contributed by atoms with E-state index in [1.54, 1.807) is 0 Å². The van der Waals surface area contributed by atoms with Gasteiger partial charge in [-0.3, -0.25) is 9.59 Å². The smallest absolute Gasteiger partial charge is 0.316 e. The third-order valence-corrected chi connectivity index (χ3v) is 10.4. The molecule has 1 heterocycles. The van der Waals surface area contributed by atoms with Crippen LogP contribution >= 0.6 is 50.9 Å². The van der Waals surface area contributed by atoms with Crippen molar-refractivity contribution in [3.05, 3.63) is 116 Å². The fourth-order valence-electron chi connectivity index (χ4n) is 5.67. The maximum atomic E-state index is 13.6. The van der Waals surface area contributed by atoms with Crippen molar-refractivity contribution in [1.29, 1.82) is 0 Å². The van der Waals surface area contributed by atoms with Crippen LogP contribution in [0.3, 0.4) is 0 Å². The minimum atomic E-state index is -0.464. The summed E-state index contributed by atoms with van der Waals surface area (Å²) < 4.78 is 6.41. The monoisotopic (exact) mass is 692 g/mol. The molecule has 0 radical (unpaired) electrons. The van der Waals surface area contributed by atoms with E-state index in [4.69, 9.17) is 33.0 Å². The predicted octanol–water partition coefficient (Wildman–Crippen LogP) is 9.37. The first-order valence-electron chi connectivity index (χ1n) is 14.0. The Morgan fingerprint density at radius 1 is 0.977 bits per heavy atom. The van der Waals surface area contributed by atoms with Gasteiger partial charge in [0.05, 0.1) is 17.5 Å². The zero-order valence-electron chi connectivity index (χ0n) is 23.0. The molecule has 6 rings (SSSR count).